The molecule has 0 unspecified atom stereocenters. The predicted octanol–water partition coefficient (Wildman–Crippen LogP) is 4.14. The number of carbonyl (C=O) groups excluding carboxylic acids is 1. The average molecular weight is 311 g/mol. The molecule has 4 nitrogen and oxygen atoms in total. The lowest BCUT2D eigenvalue weighted by atomic mass is 9.98. The number of hydrogen-bond acceptors (Lipinski definition) is 3. The van der Waals surface area contributed by atoms with Crippen molar-refractivity contribution in [2.24, 2.45) is 0 Å². The second kappa shape index (κ2) is 6.32. The molecule has 0 radical (unpaired) electrons. The highest BCUT2D eigenvalue weighted by molar-refractivity contribution is 6.05. The van der Waals surface area contributed by atoms with Crippen molar-refractivity contribution in [3.8, 4) is 11.5 Å². The van der Waals surface area contributed by atoms with Crippen LogP contribution in [0.4, 0.5) is 5.69 Å². The summed E-state index contributed by atoms with van der Waals surface area (Å²) >= 11 is 0. The van der Waals surface area contributed by atoms with E-state index in [0.29, 0.717) is 36.2 Å². The fraction of sp³-hybridized carbons (Fsp3) is 0.316. The van der Waals surface area contributed by atoms with Gasteiger partial charge in [0, 0.05) is 11.3 Å². The Morgan fingerprint density at radius 1 is 1.09 bits per heavy atom. The zero-order chi connectivity index (χ0) is 16.4. The summed E-state index contributed by atoms with van der Waals surface area (Å²) in [5.41, 5.74) is 3.65. The summed E-state index contributed by atoms with van der Waals surface area (Å²) in [5.74, 6) is 1.51. The molecule has 2 aromatic rings. The highest BCUT2D eigenvalue weighted by Gasteiger charge is 2.17. The van der Waals surface area contributed by atoms with Gasteiger partial charge in [0.2, 0.25) is 0 Å². The third kappa shape index (κ3) is 3.16. The summed E-state index contributed by atoms with van der Waals surface area (Å²) in [6.07, 6.45) is 0. The molecule has 3 rings (SSSR count). The van der Waals surface area contributed by atoms with Gasteiger partial charge in [-0.2, -0.15) is 0 Å². The molecule has 0 saturated heterocycles. The van der Waals surface area contributed by atoms with E-state index in [9.17, 15) is 4.79 Å². The van der Waals surface area contributed by atoms with Crippen LogP contribution in [-0.4, -0.2) is 19.1 Å². The van der Waals surface area contributed by atoms with E-state index in [1.807, 2.05) is 19.1 Å². The standard InChI is InChI=1S/C19H21NO3/c1-12(2)15-6-4-5-13(3)18(15)20-19(21)14-7-8-16-17(11-14)23-10-9-22-16/h4-8,11-12H,9-10H2,1-3H3,(H,20,21). The Morgan fingerprint density at radius 3 is 2.57 bits per heavy atom. The molecule has 1 heterocycles. The molecule has 0 fully saturated rings. The van der Waals surface area contributed by atoms with Crippen molar-refractivity contribution in [1.29, 1.82) is 0 Å². The fourth-order valence-corrected chi connectivity index (χ4v) is 2.71. The van der Waals surface area contributed by atoms with Gasteiger partial charge in [-0.1, -0.05) is 32.0 Å². The number of para-hydroxylation sites is 1. The molecular weight excluding hydrogens is 290 g/mol. The average Bonchev–Trinajstić information content (AvgIpc) is 2.56. The van der Waals surface area contributed by atoms with Crippen LogP contribution in [0, 0.1) is 6.92 Å². The molecule has 0 spiro atoms. The predicted molar refractivity (Wildman–Crippen MR) is 90.7 cm³/mol. The van der Waals surface area contributed by atoms with Crippen molar-refractivity contribution in [2.45, 2.75) is 26.7 Å². The Balaban J connectivity index is 1.88. The number of fused-ring (bicyclic) bond motifs is 1. The summed E-state index contributed by atoms with van der Waals surface area (Å²) in [7, 11) is 0. The van der Waals surface area contributed by atoms with Crippen LogP contribution in [0.1, 0.15) is 41.3 Å². The molecule has 0 bridgehead atoms. The molecule has 1 aliphatic heterocycles. The van der Waals surface area contributed by atoms with Crippen molar-refractivity contribution in [1.82, 2.24) is 0 Å². The lowest BCUT2D eigenvalue weighted by Gasteiger charge is -2.19. The number of carbonyl (C=O) groups is 1. The van der Waals surface area contributed by atoms with Gasteiger partial charge in [0.1, 0.15) is 13.2 Å². The fourth-order valence-electron chi connectivity index (χ4n) is 2.71. The minimum Gasteiger partial charge on any atom is -0.486 e. The summed E-state index contributed by atoms with van der Waals surface area (Å²) in [5, 5.41) is 3.05. The molecular formula is C19H21NO3. The first-order valence-corrected chi connectivity index (χ1v) is 7.87. The molecule has 0 saturated carbocycles. The van der Waals surface area contributed by atoms with E-state index in [1.54, 1.807) is 18.2 Å². The normalized spacial score (nSPS) is 13.0. The van der Waals surface area contributed by atoms with Gasteiger partial charge in [-0.25, -0.2) is 0 Å². The van der Waals surface area contributed by atoms with Crippen LogP contribution in [0.3, 0.4) is 0 Å². The first-order valence-electron chi connectivity index (χ1n) is 7.87. The van der Waals surface area contributed by atoms with Gasteiger partial charge in [-0.3, -0.25) is 4.79 Å². The second-order valence-electron chi connectivity index (χ2n) is 6.01. The van der Waals surface area contributed by atoms with Crippen LogP contribution in [0.5, 0.6) is 11.5 Å². The molecule has 23 heavy (non-hydrogen) atoms. The number of hydrogen-bond donors (Lipinski definition) is 1. The highest BCUT2D eigenvalue weighted by atomic mass is 16.6. The maximum absolute atomic E-state index is 12.6. The van der Waals surface area contributed by atoms with E-state index in [-0.39, 0.29) is 5.91 Å². The third-order valence-corrected chi connectivity index (χ3v) is 3.97. The number of benzene rings is 2. The van der Waals surface area contributed by atoms with E-state index in [0.717, 1.165) is 16.8 Å². The Bertz CT molecular complexity index is 737. The summed E-state index contributed by atoms with van der Waals surface area (Å²) in [6.45, 7) is 7.29. The number of nitrogens with one attached hydrogen (secondary N) is 1. The van der Waals surface area contributed by atoms with Crippen molar-refractivity contribution in [2.75, 3.05) is 18.5 Å². The maximum atomic E-state index is 12.6. The van der Waals surface area contributed by atoms with Crippen LogP contribution in [-0.2, 0) is 0 Å². The number of aryl methyl sites for hydroxylation is 1. The first kappa shape index (κ1) is 15.4. The Hall–Kier alpha value is -2.49. The van der Waals surface area contributed by atoms with Crippen molar-refractivity contribution >= 4 is 11.6 Å². The molecule has 0 atom stereocenters. The van der Waals surface area contributed by atoms with Crippen molar-refractivity contribution < 1.29 is 14.3 Å². The van der Waals surface area contributed by atoms with Crippen molar-refractivity contribution in [3.05, 3.63) is 53.1 Å². The Kier molecular flexibility index (Phi) is 4.24. The quantitative estimate of drug-likeness (QED) is 0.926. The lowest BCUT2D eigenvalue weighted by molar-refractivity contribution is 0.102. The van der Waals surface area contributed by atoms with Crippen LogP contribution in [0.25, 0.3) is 0 Å². The zero-order valence-electron chi connectivity index (χ0n) is 13.7. The Morgan fingerprint density at radius 2 is 1.83 bits per heavy atom. The third-order valence-electron chi connectivity index (χ3n) is 3.97. The summed E-state index contributed by atoms with van der Waals surface area (Å²) < 4.78 is 11.0. The highest BCUT2D eigenvalue weighted by Crippen LogP contribution is 2.32. The van der Waals surface area contributed by atoms with Gasteiger partial charge in [0.05, 0.1) is 0 Å². The molecule has 4 heteroatoms. The number of rotatable bonds is 3. The molecule has 1 aliphatic rings. The van der Waals surface area contributed by atoms with E-state index in [1.165, 1.54) is 0 Å². The monoisotopic (exact) mass is 311 g/mol. The van der Waals surface area contributed by atoms with Crippen LogP contribution < -0.4 is 14.8 Å². The molecule has 1 N–H and O–H groups in total. The van der Waals surface area contributed by atoms with E-state index >= 15 is 0 Å². The molecule has 0 aromatic heterocycles. The Labute approximate surface area is 136 Å². The summed E-state index contributed by atoms with van der Waals surface area (Å²) in [4.78, 5) is 12.6. The smallest absolute Gasteiger partial charge is 0.255 e. The number of ether oxygens (including phenoxy) is 2. The van der Waals surface area contributed by atoms with E-state index in [2.05, 4.69) is 25.2 Å². The lowest BCUT2D eigenvalue weighted by Crippen LogP contribution is -2.18. The molecule has 120 valence electrons. The van der Waals surface area contributed by atoms with Gasteiger partial charge < -0.3 is 14.8 Å². The maximum Gasteiger partial charge on any atom is 0.255 e. The SMILES string of the molecule is Cc1cccc(C(C)C)c1NC(=O)c1ccc2c(c1)OCCO2. The van der Waals surface area contributed by atoms with Crippen LogP contribution in [0.2, 0.25) is 0 Å². The molecule has 2 aromatic carbocycles. The van der Waals surface area contributed by atoms with E-state index in [4.69, 9.17) is 9.47 Å². The molecule has 0 aliphatic carbocycles. The molecule has 1 amide bonds. The van der Waals surface area contributed by atoms with Gasteiger partial charge >= 0.3 is 0 Å². The first-order chi connectivity index (χ1) is 11.1. The van der Waals surface area contributed by atoms with E-state index < -0.39 is 0 Å². The minimum absolute atomic E-state index is 0.141. The van der Waals surface area contributed by atoms with Gasteiger partial charge in [0.15, 0.2) is 11.5 Å². The second-order valence-corrected chi connectivity index (χ2v) is 6.01. The zero-order valence-corrected chi connectivity index (χ0v) is 13.7. The topological polar surface area (TPSA) is 47.6 Å². The van der Waals surface area contributed by atoms with Crippen LogP contribution in [0.15, 0.2) is 36.4 Å². The minimum atomic E-state index is -0.141. The van der Waals surface area contributed by atoms with Gasteiger partial charge in [0.25, 0.3) is 5.91 Å². The largest absolute Gasteiger partial charge is 0.486 e. The van der Waals surface area contributed by atoms with Gasteiger partial charge in [-0.05, 0) is 42.2 Å². The summed E-state index contributed by atoms with van der Waals surface area (Å²) in [6, 6.07) is 11.4. The number of anilines is 1. The van der Waals surface area contributed by atoms with Gasteiger partial charge in [-0.15, -0.1) is 0 Å². The number of amides is 1. The van der Waals surface area contributed by atoms with Crippen molar-refractivity contribution in [3.63, 3.8) is 0 Å². The van der Waals surface area contributed by atoms with Crippen LogP contribution >= 0.6 is 0 Å².